The molecule has 4 fully saturated rings. The first-order valence-electron chi connectivity index (χ1n) is 14.9. The van der Waals surface area contributed by atoms with Crippen molar-refractivity contribution in [3.8, 4) is 0 Å². The summed E-state index contributed by atoms with van der Waals surface area (Å²) in [5.41, 5.74) is 0. The van der Waals surface area contributed by atoms with Crippen LogP contribution in [0.3, 0.4) is 0 Å². The van der Waals surface area contributed by atoms with Crippen molar-refractivity contribution in [3.63, 3.8) is 0 Å². The van der Waals surface area contributed by atoms with Crippen molar-refractivity contribution in [2.24, 2.45) is 0 Å². The van der Waals surface area contributed by atoms with Crippen LogP contribution in [0.5, 0.6) is 0 Å². The Morgan fingerprint density at radius 1 is 0.333 bits per heavy atom. The minimum Gasteiger partial charge on any atom is -0.133 e. The second-order valence-electron chi connectivity index (χ2n) is 12.0. The van der Waals surface area contributed by atoms with Gasteiger partial charge in [-0.1, -0.05) is 77.0 Å². The minimum atomic E-state index is -1.80. The zero-order valence-corrected chi connectivity index (χ0v) is 23.6. The van der Waals surface area contributed by atoms with E-state index in [1.54, 1.807) is 0 Å². The van der Waals surface area contributed by atoms with Crippen LogP contribution >= 0.6 is 7.87 Å². The van der Waals surface area contributed by atoms with Crippen molar-refractivity contribution < 1.29 is 0 Å². The van der Waals surface area contributed by atoms with Gasteiger partial charge in [0.2, 0.25) is 0 Å². The van der Waals surface area contributed by atoms with Crippen molar-refractivity contribution in [3.05, 3.63) is 0 Å². The smallest absolute Gasteiger partial charge is 0.133 e. The highest BCUT2D eigenvalue weighted by atomic mass is 31.2. The number of nitrogens with zero attached hydrogens (tertiary/aromatic N) is 4. The Labute approximate surface area is 207 Å². The fourth-order valence-corrected chi connectivity index (χ4v) is 13.4. The second kappa shape index (κ2) is 12.5. The highest BCUT2D eigenvalue weighted by Crippen LogP contribution is 2.72. The molecular formula is C28H56N4P+. The summed E-state index contributed by atoms with van der Waals surface area (Å²) >= 11 is 0. The lowest BCUT2D eigenvalue weighted by Crippen LogP contribution is -2.58. The molecule has 0 unspecified atom stereocenters. The third-order valence-corrected chi connectivity index (χ3v) is 14.8. The van der Waals surface area contributed by atoms with Gasteiger partial charge in [0.15, 0.2) is 0 Å². The van der Waals surface area contributed by atoms with E-state index < -0.39 is 7.87 Å². The van der Waals surface area contributed by atoms with Crippen molar-refractivity contribution in [2.75, 3.05) is 28.2 Å². The van der Waals surface area contributed by atoms with Gasteiger partial charge in [0.25, 0.3) is 0 Å². The molecule has 0 atom stereocenters. The first kappa shape index (κ1) is 26.3. The Bertz CT molecular complexity index is 461. The van der Waals surface area contributed by atoms with Gasteiger partial charge in [0.05, 0.1) is 0 Å². The van der Waals surface area contributed by atoms with Gasteiger partial charge in [-0.05, 0) is 51.4 Å². The van der Waals surface area contributed by atoms with Gasteiger partial charge in [0.1, 0.15) is 0 Å². The lowest BCUT2D eigenvalue weighted by atomic mass is 9.95. The monoisotopic (exact) mass is 479 g/mol. The molecule has 0 heterocycles. The number of hydrogen-bond acceptors (Lipinski definition) is 4. The number of rotatable bonds is 8. The van der Waals surface area contributed by atoms with Crippen LogP contribution in [0, 0.1) is 0 Å². The molecule has 0 amide bonds. The average Bonchev–Trinajstić information content (AvgIpc) is 2.90. The molecule has 4 aliphatic carbocycles. The summed E-state index contributed by atoms with van der Waals surface area (Å²) in [6.45, 7) is 0. The summed E-state index contributed by atoms with van der Waals surface area (Å²) in [7, 11) is 8.48. The summed E-state index contributed by atoms with van der Waals surface area (Å²) in [6, 6.07) is 3.04. The summed E-state index contributed by atoms with van der Waals surface area (Å²) < 4.78 is 12.1. The van der Waals surface area contributed by atoms with E-state index in [-0.39, 0.29) is 0 Å². The molecule has 0 aromatic carbocycles. The third kappa shape index (κ3) is 5.66. The lowest BCUT2D eigenvalue weighted by Gasteiger charge is -2.55. The van der Waals surface area contributed by atoms with E-state index in [1.165, 1.54) is 128 Å². The molecule has 4 aliphatic rings. The van der Waals surface area contributed by atoms with Crippen LogP contribution in [0.4, 0.5) is 0 Å². The maximum Gasteiger partial charge on any atom is 0.308 e. The van der Waals surface area contributed by atoms with E-state index in [9.17, 15) is 0 Å². The number of hydrogen-bond donors (Lipinski definition) is 0. The second-order valence-corrected chi connectivity index (χ2v) is 15.6. The molecule has 4 saturated carbocycles. The lowest BCUT2D eigenvalue weighted by molar-refractivity contribution is 0.150. The van der Waals surface area contributed by atoms with E-state index in [4.69, 9.17) is 0 Å². The van der Waals surface area contributed by atoms with E-state index >= 15 is 0 Å². The Kier molecular flexibility index (Phi) is 9.97. The van der Waals surface area contributed by atoms with Crippen LogP contribution in [-0.4, -0.2) is 71.0 Å². The molecule has 5 heteroatoms. The molecule has 0 N–H and O–H groups in total. The van der Waals surface area contributed by atoms with Gasteiger partial charge in [-0.15, -0.1) is 18.7 Å². The topological polar surface area (TPSA) is 13.0 Å². The quantitative estimate of drug-likeness (QED) is 0.330. The molecule has 33 heavy (non-hydrogen) atoms. The first-order chi connectivity index (χ1) is 16.1. The van der Waals surface area contributed by atoms with Gasteiger partial charge in [0, 0.05) is 52.4 Å². The molecule has 0 aromatic rings. The van der Waals surface area contributed by atoms with Crippen molar-refractivity contribution in [1.82, 2.24) is 18.7 Å². The molecular weight excluding hydrogens is 423 g/mol. The van der Waals surface area contributed by atoms with Gasteiger partial charge in [-0.3, -0.25) is 0 Å². The summed E-state index contributed by atoms with van der Waals surface area (Å²) in [5, 5.41) is 0. The van der Waals surface area contributed by atoms with Gasteiger partial charge >= 0.3 is 7.87 Å². The van der Waals surface area contributed by atoms with E-state index in [0.29, 0.717) is 0 Å². The van der Waals surface area contributed by atoms with Gasteiger partial charge < -0.3 is 0 Å². The van der Waals surface area contributed by atoms with Crippen LogP contribution in [0.2, 0.25) is 0 Å². The maximum atomic E-state index is 3.02. The molecule has 0 bridgehead atoms. The van der Waals surface area contributed by atoms with Crippen molar-refractivity contribution in [2.45, 2.75) is 153 Å². The summed E-state index contributed by atoms with van der Waals surface area (Å²) in [4.78, 5) is 0. The highest BCUT2D eigenvalue weighted by Gasteiger charge is 2.63. The van der Waals surface area contributed by atoms with Crippen LogP contribution in [0.15, 0.2) is 0 Å². The standard InChI is InChI=1S/C28H56N4P/c1-29(25-17-9-5-10-18-25)33(30(2)26-19-11-6-12-20-26,31(3)27-21-13-7-14-22-27)32(4)28-23-15-8-16-24-28/h25-28H,5-24H2,1-4H3/q+1. The Morgan fingerprint density at radius 2 is 0.515 bits per heavy atom. The van der Waals surface area contributed by atoms with Crippen LogP contribution in [-0.2, 0) is 0 Å². The predicted octanol–water partition coefficient (Wildman–Crippen LogP) is 7.72. The molecule has 0 radical (unpaired) electrons. The van der Waals surface area contributed by atoms with E-state index in [0.717, 1.165) is 24.2 Å². The normalized spacial score (nSPS) is 26.2. The van der Waals surface area contributed by atoms with Crippen LogP contribution in [0.1, 0.15) is 128 Å². The fourth-order valence-electron chi connectivity index (χ4n) is 8.03. The van der Waals surface area contributed by atoms with Crippen molar-refractivity contribution in [1.29, 1.82) is 0 Å². The zero-order valence-electron chi connectivity index (χ0n) is 22.7. The maximum absolute atomic E-state index is 3.02. The minimum absolute atomic E-state index is 0.759. The molecule has 0 spiro atoms. The molecule has 0 aromatic heterocycles. The largest absolute Gasteiger partial charge is 0.308 e. The highest BCUT2D eigenvalue weighted by molar-refractivity contribution is 7.66. The third-order valence-electron chi connectivity index (χ3n) is 10.1. The predicted molar refractivity (Wildman–Crippen MR) is 145 cm³/mol. The van der Waals surface area contributed by atoms with Gasteiger partial charge in [-0.25, -0.2) is 0 Å². The molecule has 4 rings (SSSR count). The summed E-state index contributed by atoms with van der Waals surface area (Å²) in [6.07, 6.45) is 28.5. The molecule has 4 nitrogen and oxygen atoms in total. The Hall–Kier alpha value is 0.270. The Balaban J connectivity index is 1.75. The fraction of sp³-hybridized carbons (Fsp3) is 1.00. The van der Waals surface area contributed by atoms with Crippen molar-refractivity contribution >= 4 is 7.87 Å². The van der Waals surface area contributed by atoms with E-state index in [1.807, 2.05) is 0 Å². The average molecular weight is 480 g/mol. The van der Waals surface area contributed by atoms with Crippen LogP contribution in [0.25, 0.3) is 0 Å². The van der Waals surface area contributed by atoms with E-state index in [2.05, 4.69) is 46.9 Å². The Morgan fingerprint density at radius 3 is 0.697 bits per heavy atom. The first-order valence-corrected chi connectivity index (χ1v) is 16.5. The zero-order chi connectivity index (χ0) is 23.3. The molecule has 192 valence electrons. The van der Waals surface area contributed by atoms with Crippen LogP contribution < -0.4 is 0 Å². The van der Waals surface area contributed by atoms with Gasteiger partial charge in [-0.2, -0.15) is 0 Å². The SMILES string of the molecule is CN(C1CCCCC1)[P+](N(C)C1CCCCC1)(N(C)C1CCCCC1)N(C)C1CCCCC1. The molecule has 0 saturated heterocycles. The summed E-state index contributed by atoms with van der Waals surface area (Å²) in [5.74, 6) is 0. The molecule has 0 aliphatic heterocycles.